The van der Waals surface area contributed by atoms with Crippen molar-refractivity contribution in [3.63, 3.8) is 0 Å². The van der Waals surface area contributed by atoms with Crippen LogP contribution in [-0.2, 0) is 0 Å². The van der Waals surface area contributed by atoms with Gasteiger partial charge in [0.15, 0.2) is 0 Å². The lowest BCUT2D eigenvalue weighted by atomic mass is 10.2. The Balaban J connectivity index is 2.16. The normalized spacial score (nSPS) is 10.6. The van der Waals surface area contributed by atoms with Gasteiger partial charge in [0, 0.05) is 0 Å². The van der Waals surface area contributed by atoms with Crippen LogP contribution in [0, 0.1) is 0 Å². The van der Waals surface area contributed by atoms with Crippen molar-refractivity contribution in [2.24, 2.45) is 0 Å². The van der Waals surface area contributed by atoms with Crippen LogP contribution in [0.1, 0.15) is 11.1 Å². The molecule has 0 aliphatic heterocycles. The van der Waals surface area contributed by atoms with Crippen LogP contribution in [0.5, 0.6) is 0 Å². The average Bonchev–Trinajstić information content (AvgIpc) is 2.29. The third-order valence-electron chi connectivity index (χ3n) is 2.07. The van der Waals surface area contributed by atoms with Gasteiger partial charge in [-0.25, -0.2) is 0 Å². The van der Waals surface area contributed by atoms with Gasteiger partial charge in [0.1, 0.15) is 0 Å². The van der Waals surface area contributed by atoms with Crippen LogP contribution < -0.4 is 0 Å². The second kappa shape index (κ2) is 4.43. The van der Waals surface area contributed by atoms with Crippen molar-refractivity contribution in [1.82, 2.24) is 0 Å². The van der Waals surface area contributed by atoms with Gasteiger partial charge in [-0.15, -0.1) is 0 Å². The van der Waals surface area contributed by atoms with E-state index in [1.54, 1.807) is 0 Å². The molecule has 0 aliphatic rings. The Morgan fingerprint density at radius 1 is 0.714 bits per heavy atom. The molecule has 0 radical (unpaired) electrons. The van der Waals surface area contributed by atoms with Crippen LogP contribution in [0.2, 0.25) is 0 Å². The predicted octanol–water partition coefficient (Wildman–Crippen LogP) is 3.86. The number of rotatable bonds is 2. The molecule has 0 spiro atoms. The molecule has 14 heavy (non-hydrogen) atoms. The highest BCUT2D eigenvalue weighted by molar-refractivity contribution is 5.69. The predicted molar refractivity (Wildman–Crippen MR) is 61.8 cm³/mol. The van der Waals surface area contributed by atoms with Gasteiger partial charge in [-0.1, -0.05) is 72.8 Å². The molecule has 0 heteroatoms. The third kappa shape index (κ3) is 2.33. The van der Waals surface area contributed by atoms with Crippen molar-refractivity contribution in [2.45, 2.75) is 0 Å². The first-order valence-corrected chi connectivity index (χ1v) is 4.73. The van der Waals surface area contributed by atoms with E-state index in [4.69, 9.17) is 0 Å². The lowest BCUT2D eigenvalue weighted by Gasteiger charge is -1.92. The highest BCUT2D eigenvalue weighted by atomic mass is 14.7. The Bertz CT molecular complexity index is 357. The Hall–Kier alpha value is -1.82. The van der Waals surface area contributed by atoms with Gasteiger partial charge < -0.3 is 0 Å². The molecule has 0 saturated heterocycles. The van der Waals surface area contributed by atoms with Crippen LogP contribution in [0.4, 0.5) is 0 Å². The summed E-state index contributed by atoms with van der Waals surface area (Å²) >= 11 is 0. The summed E-state index contributed by atoms with van der Waals surface area (Å²) < 4.78 is 0. The zero-order valence-corrected chi connectivity index (χ0v) is 7.93. The Morgan fingerprint density at radius 2 is 1.29 bits per heavy atom. The number of hydrogen-bond acceptors (Lipinski definition) is 0. The van der Waals surface area contributed by atoms with E-state index in [1.807, 2.05) is 36.4 Å². The van der Waals surface area contributed by atoms with E-state index in [9.17, 15) is 0 Å². The van der Waals surface area contributed by atoms with Crippen molar-refractivity contribution in [1.29, 1.82) is 0 Å². The van der Waals surface area contributed by atoms with E-state index in [1.165, 1.54) is 11.1 Å². The van der Waals surface area contributed by atoms with Crippen molar-refractivity contribution < 1.29 is 0 Å². The van der Waals surface area contributed by atoms with E-state index >= 15 is 0 Å². The highest BCUT2D eigenvalue weighted by Crippen LogP contribution is 2.06. The van der Waals surface area contributed by atoms with E-state index in [0.717, 1.165) is 0 Å². The minimum absolute atomic E-state index is 1.23. The van der Waals surface area contributed by atoms with E-state index < -0.39 is 0 Å². The SMILES string of the molecule is C(=[14CH]c1ccccc1)c1ccccc1. The van der Waals surface area contributed by atoms with E-state index in [-0.39, 0.29) is 0 Å². The van der Waals surface area contributed by atoms with Gasteiger partial charge in [-0.2, -0.15) is 0 Å². The monoisotopic (exact) mass is 182 g/mol. The van der Waals surface area contributed by atoms with Crippen molar-refractivity contribution >= 4 is 12.2 Å². The standard InChI is InChI=1S/C14H12/c1-3-7-13(8-4-1)11-12-14-9-5-2-6-10-14/h1-12H/i11+2. The van der Waals surface area contributed by atoms with Crippen molar-refractivity contribution in [3.8, 4) is 0 Å². The molecule has 0 N–H and O–H groups in total. The van der Waals surface area contributed by atoms with Crippen LogP contribution in [0.3, 0.4) is 0 Å². The lowest BCUT2D eigenvalue weighted by Crippen LogP contribution is -1.70. The molecule has 0 fully saturated rings. The average molecular weight is 182 g/mol. The maximum atomic E-state index is 2.12. The first-order chi connectivity index (χ1) is 6.95. The van der Waals surface area contributed by atoms with Gasteiger partial charge in [0.05, 0.1) is 0 Å². The molecule has 0 aromatic heterocycles. The Labute approximate surface area is 84.5 Å². The fourth-order valence-corrected chi connectivity index (χ4v) is 1.32. The smallest absolute Gasteiger partial charge is 0.0256 e. The van der Waals surface area contributed by atoms with E-state index in [2.05, 4.69) is 36.4 Å². The first kappa shape index (κ1) is 8.76. The molecule has 0 nitrogen and oxygen atoms in total. The molecule has 0 atom stereocenters. The zero-order valence-electron chi connectivity index (χ0n) is 7.93. The Kier molecular flexibility index (Phi) is 2.77. The zero-order chi connectivity index (χ0) is 9.64. The van der Waals surface area contributed by atoms with Gasteiger partial charge in [0.25, 0.3) is 0 Å². The summed E-state index contributed by atoms with van der Waals surface area (Å²) in [5.74, 6) is 0. The summed E-state index contributed by atoms with van der Waals surface area (Å²) in [6.07, 6.45) is 4.24. The van der Waals surface area contributed by atoms with Gasteiger partial charge in [-0.3, -0.25) is 0 Å². The minimum Gasteiger partial charge on any atom is -0.0622 e. The summed E-state index contributed by atoms with van der Waals surface area (Å²) in [5, 5.41) is 0. The van der Waals surface area contributed by atoms with Crippen molar-refractivity contribution in [2.75, 3.05) is 0 Å². The molecule has 0 unspecified atom stereocenters. The number of hydrogen-bond donors (Lipinski definition) is 0. The summed E-state index contributed by atoms with van der Waals surface area (Å²) in [6.45, 7) is 0. The summed E-state index contributed by atoms with van der Waals surface area (Å²) in [4.78, 5) is 0. The first-order valence-electron chi connectivity index (χ1n) is 4.73. The van der Waals surface area contributed by atoms with Crippen LogP contribution >= 0.6 is 0 Å². The highest BCUT2D eigenvalue weighted by Gasteiger charge is 1.84. The van der Waals surface area contributed by atoms with Crippen LogP contribution in [0.25, 0.3) is 12.2 Å². The maximum absolute atomic E-state index is 2.12. The Morgan fingerprint density at radius 3 is 1.93 bits per heavy atom. The molecule has 2 aromatic rings. The molecule has 2 aromatic carbocycles. The van der Waals surface area contributed by atoms with Crippen LogP contribution in [-0.4, -0.2) is 0 Å². The summed E-state index contributed by atoms with van der Waals surface area (Å²) in [6, 6.07) is 20.6. The summed E-state index contributed by atoms with van der Waals surface area (Å²) in [7, 11) is 0. The maximum Gasteiger partial charge on any atom is -0.0256 e. The molecule has 0 heterocycles. The van der Waals surface area contributed by atoms with Crippen molar-refractivity contribution in [3.05, 3.63) is 71.8 Å². The molecule has 68 valence electrons. The fraction of sp³-hybridized carbons (Fsp3) is 0. The van der Waals surface area contributed by atoms with Crippen LogP contribution in [0.15, 0.2) is 60.7 Å². The fourth-order valence-electron chi connectivity index (χ4n) is 1.32. The molecular formula is C14H12. The lowest BCUT2D eigenvalue weighted by molar-refractivity contribution is 1.65. The van der Waals surface area contributed by atoms with Gasteiger partial charge >= 0.3 is 0 Å². The molecule has 0 bridgehead atoms. The molecule has 0 aliphatic carbocycles. The van der Waals surface area contributed by atoms with Gasteiger partial charge in [0.2, 0.25) is 0 Å². The van der Waals surface area contributed by atoms with Gasteiger partial charge in [-0.05, 0) is 11.1 Å². The second-order valence-electron chi connectivity index (χ2n) is 3.15. The minimum atomic E-state index is 1.23. The summed E-state index contributed by atoms with van der Waals surface area (Å²) in [5.41, 5.74) is 2.47. The number of benzene rings is 2. The topological polar surface area (TPSA) is 0 Å². The van der Waals surface area contributed by atoms with E-state index in [0.29, 0.717) is 0 Å². The molecule has 2 rings (SSSR count). The quantitative estimate of drug-likeness (QED) is 0.619. The molecule has 0 amide bonds. The molecule has 0 saturated carbocycles. The second-order valence-corrected chi connectivity index (χ2v) is 3.15. The molecular weight excluding hydrogens is 170 g/mol. The third-order valence-corrected chi connectivity index (χ3v) is 2.07. The largest absolute Gasteiger partial charge is 0.0622 e.